The summed E-state index contributed by atoms with van der Waals surface area (Å²) in [6.45, 7) is 7.52. The van der Waals surface area contributed by atoms with Crippen molar-refractivity contribution in [2.45, 2.75) is 45.7 Å². The standard InChI is InChI=1S/C17H25N3/c1-14-16(13-19-20(14)4)12-18-17(2,3)11-10-15-8-6-5-7-9-15/h5-9,13,18H,10-12H2,1-4H3. The number of nitrogens with one attached hydrogen (secondary N) is 1. The average Bonchev–Trinajstić information content (AvgIpc) is 2.76. The van der Waals surface area contributed by atoms with Gasteiger partial charge in [-0.05, 0) is 39.2 Å². The Morgan fingerprint density at radius 1 is 1.20 bits per heavy atom. The molecule has 2 aromatic rings. The fourth-order valence-electron chi connectivity index (χ4n) is 2.24. The summed E-state index contributed by atoms with van der Waals surface area (Å²) in [5.41, 5.74) is 4.04. The maximum Gasteiger partial charge on any atom is 0.0537 e. The van der Waals surface area contributed by atoms with E-state index in [2.05, 4.69) is 61.5 Å². The van der Waals surface area contributed by atoms with Crippen molar-refractivity contribution in [3.63, 3.8) is 0 Å². The highest BCUT2D eigenvalue weighted by Crippen LogP contribution is 2.15. The van der Waals surface area contributed by atoms with Crippen molar-refractivity contribution in [1.82, 2.24) is 15.1 Å². The third-order valence-electron chi connectivity index (χ3n) is 3.98. The molecule has 0 aliphatic rings. The maximum absolute atomic E-state index is 4.29. The summed E-state index contributed by atoms with van der Waals surface area (Å²) in [7, 11) is 1.99. The van der Waals surface area contributed by atoms with Gasteiger partial charge in [0.15, 0.2) is 0 Å². The molecule has 0 radical (unpaired) electrons. The molecule has 1 heterocycles. The number of rotatable bonds is 6. The molecule has 0 bridgehead atoms. The van der Waals surface area contributed by atoms with Gasteiger partial charge in [-0.2, -0.15) is 5.10 Å². The first-order valence-electron chi connectivity index (χ1n) is 7.24. The Labute approximate surface area is 122 Å². The van der Waals surface area contributed by atoms with Crippen LogP contribution in [0.15, 0.2) is 36.5 Å². The number of hydrogen-bond donors (Lipinski definition) is 1. The summed E-state index contributed by atoms with van der Waals surface area (Å²) < 4.78 is 1.92. The molecule has 0 fully saturated rings. The van der Waals surface area contributed by atoms with Crippen molar-refractivity contribution in [1.29, 1.82) is 0 Å². The molecule has 0 unspecified atom stereocenters. The Hall–Kier alpha value is -1.61. The molecular formula is C17H25N3. The normalized spacial score (nSPS) is 11.8. The SMILES string of the molecule is Cc1c(CNC(C)(C)CCc2ccccc2)cnn1C. The van der Waals surface area contributed by atoms with Crippen LogP contribution in [0.25, 0.3) is 0 Å². The van der Waals surface area contributed by atoms with Crippen LogP contribution in [0.5, 0.6) is 0 Å². The quantitative estimate of drug-likeness (QED) is 0.874. The van der Waals surface area contributed by atoms with Gasteiger partial charge in [-0.15, -0.1) is 0 Å². The lowest BCUT2D eigenvalue weighted by atomic mass is 9.95. The lowest BCUT2D eigenvalue weighted by molar-refractivity contribution is 0.360. The molecule has 1 aromatic carbocycles. The van der Waals surface area contributed by atoms with Gasteiger partial charge in [0.25, 0.3) is 0 Å². The molecule has 0 saturated heterocycles. The van der Waals surface area contributed by atoms with Crippen LogP contribution >= 0.6 is 0 Å². The zero-order valence-electron chi connectivity index (χ0n) is 13.0. The van der Waals surface area contributed by atoms with Crippen molar-refractivity contribution in [3.05, 3.63) is 53.3 Å². The Kier molecular flexibility index (Phi) is 4.61. The van der Waals surface area contributed by atoms with Gasteiger partial charge >= 0.3 is 0 Å². The molecule has 0 aliphatic carbocycles. The van der Waals surface area contributed by atoms with E-state index in [-0.39, 0.29) is 5.54 Å². The lowest BCUT2D eigenvalue weighted by Crippen LogP contribution is -2.39. The smallest absolute Gasteiger partial charge is 0.0537 e. The van der Waals surface area contributed by atoms with E-state index in [1.807, 2.05) is 17.9 Å². The van der Waals surface area contributed by atoms with E-state index in [0.29, 0.717) is 0 Å². The van der Waals surface area contributed by atoms with Crippen LogP contribution in [0.1, 0.15) is 37.1 Å². The predicted octanol–water partition coefficient (Wildman–Crippen LogP) is 3.23. The van der Waals surface area contributed by atoms with E-state index >= 15 is 0 Å². The van der Waals surface area contributed by atoms with Crippen molar-refractivity contribution in [3.8, 4) is 0 Å². The molecule has 0 saturated carbocycles. The van der Waals surface area contributed by atoms with E-state index in [0.717, 1.165) is 19.4 Å². The Balaban J connectivity index is 1.86. The molecule has 2 rings (SSSR count). The van der Waals surface area contributed by atoms with Crippen molar-refractivity contribution >= 4 is 0 Å². The monoisotopic (exact) mass is 271 g/mol. The zero-order valence-corrected chi connectivity index (χ0v) is 13.0. The Morgan fingerprint density at radius 3 is 2.50 bits per heavy atom. The van der Waals surface area contributed by atoms with Gasteiger partial charge in [0.1, 0.15) is 0 Å². The first-order valence-corrected chi connectivity index (χ1v) is 7.24. The molecule has 1 N–H and O–H groups in total. The van der Waals surface area contributed by atoms with Gasteiger partial charge in [0.05, 0.1) is 6.20 Å². The van der Waals surface area contributed by atoms with E-state index in [1.165, 1.54) is 16.8 Å². The number of benzene rings is 1. The highest BCUT2D eigenvalue weighted by Gasteiger charge is 2.17. The summed E-state index contributed by atoms with van der Waals surface area (Å²) in [6, 6.07) is 10.7. The Bertz CT molecular complexity index is 541. The molecule has 3 heteroatoms. The van der Waals surface area contributed by atoms with Crippen LogP contribution in [-0.4, -0.2) is 15.3 Å². The van der Waals surface area contributed by atoms with Crippen LogP contribution in [0.4, 0.5) is 0 Å². The summed E-state index contributed by atoms with van der Waals surface area (Å²) in [5.74, 6) is 0. The van der Waals surface area contributed by atoms with Gasteiger partial charge in [0.2, 0.25) is 0 Å². The summed E-state index contributed by atoms with van der Waals surface area (Å²) in [4.78, 5) is 0. The highest BCUT2D eigenvalue weighted by molar-refractivity contribution is 5.17. The Morgan fingerprint density at radius 2 is 1.90 bits per heavy atom. The topological polar surface area (TPSA) is 29.9 Å². The van der Waals surface area contributed by atoms with Crippen molar-refractivity contribution in [2.24, 2.45) is 7.05 Å². The molecule has 3 nitrogen and oxygen atoms in total. The summed E-state index contributed by atoms with van der Waals surface area (Å²) in [6.07, 6.45) is 4.18. The van der Waals surface area contributed by atoms with Crippen molar-refractivity contribution < 1.29 is 0 Å². The second-order valence-electron chi connectivity index (χ2n) is 6.10. The molecule has 108 valence electrons. The molecular weight excluding hydrogens is 246 g/mol. The minimum absolute atomic E-state index is 0.123. The molecule has 0 amide bonds. The number of nitrogens with zero attached hydrogens (tertiary/aromatic N) is 2. The zero-order chi connectivity index (χ0) is 14.6. The van der Waals surface area contributed by atoms with Crippen LogP contribution in [0, 0.1) is 6.92 Å². The van der Waals surface area contributed by atoms with Gasteiger partial charge in [0, 0.05) is 30.4 Å². The van der Waals surface area contributed by atoms with Crippen molar-refractivity contribution in [2.75, 3.05) is 0 Å². The maximum atomic E-state index is 4.29. The molecule has 20 heavy (non-hydrogen) atoms. The summed E-state index contributed by atoms with van der Waals surface area (Å²) in [5, 5.41) is 7.93. The largest absolute Gasteiger partial charge is 0.308 e. The average molecular weight is 271 g/mol. The fourth-order valence-corrected chi connectivity index (χ4v) is 2.24. The first kappa shape index (κ1) is 14.8. The van der Waals surface area contributed by atoms with E-state index in [4.69, 9.17) is 0 Å². The minimum atomic E-state index is 0.123. The summed E-state index contributed by atoms with van der Waals surface area (Å²) >= 11 is 0. The predicted molar refractivity (Wildman–Crippen MR) is 83.6 cm³/mol. The second kappa shape index (κ2) is 6.23. The van der Waals surface area contributed by atoms with Gasteiger partial charge in [-0.25, -0.2) is 0 Å². The molecule has 1 aromatic heterocycles. The second-order valence-corrected chi connectivity index (χ2v) is 6.10. The fraction of sp³-hybridized carbons (Fsp3) is 0.471. The van der Waals surface area contributed by atoms with Crippen LogP contribution in [0.3, 0.4) is 0 Å². The van der Waals surface area contributed by atoms with Gasteiger partial charge in [-0.1, -0.05) is 30.3 Å². The number of aromatic nitrogens is 2. The number of aryl methyl sites for hydroxylation is 2. The highest BCUT2D eigenvalue weighted by atomic mass is 15.3. The first-order chi connectivity index (χ1) is 9.48. The number of hydrogen-bond acceptors (Lipinski definition) is 2. The van der Waals surface area contributed by atoms with Gasteiger partial charge in [-0.3, -0.25) is 4.68 Å². The van der Waals surface area contributed by atoms with E-state index in [1.54, 1.807) is 0 Å². The van der Waals surface area contributed by atoms with E-state index < -0.39 is 0 Å². The minimum Gasteiger partial charge on any atom is -0.308 e. The third kappa shape index (κ3) is 3.94. The van der Waals surface area contributed by atoms with Crippen LogP contribution < -0.4 is 5.32 Å². The van der Waals surface area contributed by atoms with Crippen LogP contribution in [0.2, 0.25) is 0 Å². The molecule has 0 atom stereocenters. The third-order valence-corrected chi connectivity index (χ3v) is 3.98. The van der Waals surface area contributed by atoms with Gasteiger partial charge < -0.3 is 5.32 Å². The lowest BCUT2D eigenvalue weighted by Gasteiger charge is -2.26. The van der Waals surface area contributed by atoms with Crippen LogP contribution in [-0.2, 0) is 20.0 Å². The van der Waals surface area contributed by atoms with E-state index in [9.17, 15) is 0 Å². The molecule has 0 aliphatic heterocycles. The molecule has 0 spiro atoms.